The van der Waals surface area contributed by atoms with Crippen molar-refractivity contribution in [3.05, 3.63) is 11.9 Å². The third-order valence-corrected chi connectivity index (χ3v) is 2.76. The highest BCUT2D eigenvalue weighted by Gasteiger charge is 2.24. The van der Waals surface area contributed by atoms with Crippen LogP contribution in [0.15, 0.2) is 6.20 Å². The van der Waals surface area contributed by atoms with Crippen molar-refractivity contribution in [2.45, 2.75) is 31.9 Å². The molecule has 0 radical (unpaired) electrons. The van der Waals surface area contributed by atoms with Gasteiger partial charge in [-0.15, -0.1) is 0 Å². The molecule has 0 aliphatic heterocycles. The van der Waals surface area contributed by atoms with E-state index in [0.717, 1.165) is 18.5 Å². The maximum Gasteiger partial charge on any atom is 0.161 e. The molecule has 0 fully saturated rings. The molecule has 16 heavy (non-hydrogen) atoms. The van der Waals surface area contributed by atoms with Crippen LogP contribution in [0.4, 0.5) is 0 Å². The molecule has 5 nitrogen and oxygen atoms in total. The zero-order valence-corrected chi connectivity index (χ0v) is 10.4. The van der Waals surface area contributed by atoms with E-state index in [1.165, 1.54) is 0 Å². The maximum atomic E-state index is 6.19. The van der Waals surface area contributed by atoms with Crippen LogP contribution in [-0.2, 0) is 11.8 Å². The molecule has 0 spiro atoms. The summed E-state index contributed by atoms with van der Waals surface area (Å²) in [4.78, 5) is 0. The van der Waals surface area contributed by atoms with Crippen LogP contribution in [-0.4, -0.2) is 30.1 Å². The first-order valence-corrected chi connectivity index (χ1v) is 5.49. The molecule has 1 rings (SSSR count). The lowest BCUT2D eigenvalue weighted by atomic mass is 10.0. The van der Waals surface area contributed by atoms with Crippen molar-refractivity contribution in [3.8, 4) is 5.75 Å². The molecular weight excluding hydrogens is 206 g/mol. The smallest absolute Gasteiger partial charge is 0.161 e. The minimum absolute atomic E-state index is 0.00528. The second-order valence-corrected chi connectivity index (χ2v) is 3.81. The Bertz CT molecular complexity index is 325. The standard InChI is InChI=1S/C11H21N3O2/c1-5-6-8(15-3)10(12)11-9(16-4)7-13-14(11)2/h7-8,10H,5-6,12H2,1-4H3. The Labute approximate surface area is 96.5 Å². The Morgan fingerprint density at radius 2 is 2.19 bits per heavy atom. The number of rotatable bonds is 6. The lowest BCUT2D eigenvalue weighted by Crippen LogP contribution is -2.30. The van der Waals surface area contributed by atoms with Crippen LogP contribution in [0.1, 0.15) is 31.5 Å². The summed E-state index contributed by atoms with van der Waals surface area (Å²) in [6, 6.07) is -0.215. The lowest BCUT2D eigenvalue weighted by Gasteiger charge is -2.23. The van der Waals surface area contributed by atoms with Gasteiger partial charge in [-0.3, -0.25) is 4.68 Å². The largest absolute Gasteiger partial charge is 0.493 e. The molecule has 0 saturated heterocycles. The lowest BCUT2D eigenvalue weighted by molar-refractivity contribution is 0.0695. The van der Waals surface area contributed by atoms with Crippen LogP contribution >= 0.6 is 0 Å². The summed E-state index contributed by atoms with van der Waals surface area (Å²) in [5.41, 5.74) is 7.07. The van der Waals surface area contributed by atoms with Crippen LogP contribution in [0.3, 0.4) is 0 Å². The molecule has 1 heterocycles. The highest BCUT2D eigenvalue weighted by Crippen LogP contribution is 2.27. The fraction of sp³-hybridized carbons (Fsp3) is 0.727. The zero-order valence-electron chi connectivity index (χ0n) is 10.4. The van der Waals surface area contributed by atoms with Crippen molar-refractivity contribution in [2.24, 2.45) is 12.8 Å². The summed E-state index contributed by atoms with van der Waals surface area (Å²) < 4.78 is 12.4. The number of methoxy groups -OCH3 is 2. The van der Waals surface area contributed by atoms with Crippen LogP contribution in [0.5, 0.6) is 5.75 Å². The SMILES string of the molecule is CCCC(OC)C(N)c1c(OC)cnn1C. The Morgan fingerprint density at radius 1 is 1.50 bits per heavy atom. The first-order valence-electron chi connectivity index (χ1n) is 5.49. The van der Waals surface area contributed by atoms with Gasteiger partial charge in [0.05, 0.1) is 31.1 Å². The van der Waals surface area contributed by atoms with Crippen LogP contribution in [0, 0.1) is 0 Å². The molecule has 1 aromatic heterocycles. The van der Waals surface area contributed by atoms with E-state index in [2.05, 4.69) is 12.0 Å². The van der Waals surface area contributed by atoms with Crippen molar-refractivity contribution < 1.29 is 9.47 Å². The average molecular weight is 227 g/mol. The Kier molecular flexibility index (Phi) is 4.76. The fourth-order valence-electron chi connectivity index (χ4n) is 1.87. The maximum absolute atomic E-state index is 6.19. The Morgan fingerprint density at radius 3 is 2.69 bits per heavy atom. The van der Waals surface area contributed by atoms with Crippen molar-refractivity contribution in [1.82, 2.24) is 9.78 Å². The van der Waals surface area contributed by atoms with Crippen molar-refractivity contribution in [2.75, 3.05) is 14.2 Å². The number of aromatic nitrogens is 2. The van der Waals surface area contributed by atoms with E-state index in [-0.39, 0.29) is 12.1 Å². The summed E-state index contributed by atoms with van der Waals surface area (Å²) in [7, 11) is 5.16. The number of hydrogen-bond donors (Lipinski definition) is 1. The predicted molar refractivity (Wildman–Crippen MR) is 62.4 cm³/mol. The number of nitrogens with zero attached hydrogens (tertiary/aromatic N) is 2. The molecule has 2 atom stereocenters. The minimum atomic E-state index is -0.215. The van der Waals surface area contributed by atoms with Crippen molar-refractivity contribution >= 4 is 0 Å². The van der Waals surface area contributed by atoms with Gasteiger partial charge in [-0.05, 0) is 6.42 Å². The number of ether oxygens (including phenoxy) is 2. The second kappa shape index (κ2) is 5.86. The van der Waals surface area contributed by atoms with Crippen LogP contribution in [0.25, 0.3) is 0 Å². The number of hydrogen-bond acceptors (Lipinski definition) is 4. The third-order valence-electron chi connectivity index (χ3n) is 2.76. The van der Waals surface area contributed by atoms with Crippen LogP contribution in [0.2, 0.25) is 0 Å². The average Bonchev–Trinajstić information content (AvgIpc) is 2.66. The van der Waals surface area contributed by atoms with Gasteiger partial charge >= 0.3 is 0 Å². The molecule has 0 aliphatic carbocycles. The van der Waals surface area contributed by atoms with Gasteiger partial charge in [-0.1, -0.05) is 13.3 Å². The zero-order chi connectivity index (χ0) is 12.1. The molecule has 0 saturated carbocycles. The monoisotopic (exact) mass is 227 g/mol. The van der Waals surface area contributed by atoms with Gasteiger partial charge in [0, 0.05) is 14.2 Å². The van der Waals surface area contributed by atoms with E-state index in [4.69, 9.17) is 15.2 Å². The summed E-state index contributed by atoms with van der Waals surface area (Å²) in [5, 5.41) is 4.14. The highest BCUT2D eigenvalue weighted by molar-refractivity contribution is 5.28. The van der Waals surface area contributed by atoms with Crippen molar-refractivity contribution in [3.63, 3.8) is 0 Å². The minimum Gasteiger partial charge on any atom is -0.493 e. The quantitative estimate of drug-likeness (QED) is 0.794. The number of aryl methyl sites for hydroxylation is 1. The third kappa shape index (κ3) is 2.54. The first-order chi connectivity index (χ1) is 7.65. The van der Waals surface area contributed by atoms with Gasteiger partial charge in [0.25, 0.3) is 0 Å². The molecule has 0 amide bonds. The molecule has 1 aromatic rings. The van der Waals surface area contributed by atoms with Gasteiger partial charge in [0.15, 0.2) is 5.75 Å². The molecule has 2 N–H and O–H groups in total. The van der Waals surface area contributed by atoms with Crippen LogP contribution < -0.4 is 10.5 Å². The van der Waals surface area contributed by atoms with Gasteiger partial charge in [0.2, 0.25) is 0 Å². The van der Waals surface area contributed by atoms with E-state index in [1.54, 1.807) is 25.1 Å². The molecule has 0 aliphatic rings. The second-order valence-electron chi connectivity index (χ2n) is 3.81. The Balaban J connectivity index is 2.92. The van der Waals surface area contributed by atoms with E-state index in [0.29, 0.717) is 5.75 Å². The van der Waals surface area contributed by atoms with Crippen molar-refractivity contribution in [1.29, 1.82) is 0 Å². The highest BCUT2D eigenvalue weighted by atomic mass is 16.5. The van der Waals surface area contributed by atoms with Gasteiger partial charge in [-0.25, -0.2) is 0 Å². The van der Waals surface area contributed by atoms with E-state index < -0.39 is 0 Å². The fourth-order valence-corrected chi connectivity index (χ4v) is 1.87. The van der Waals surface area contributed by atoms with Gasteiger partial charge in [0.1, 0.15) is 0 Å². The molecule has 0 bridgehead atoms. The summed E-state index contributed by atoms with van der Waals surface area (Å²) in [6.45, 7) is 2.11. The summed E-state index contributed by atoms with van der Waals surface area (Å²) in [5.74, 6) is 0.716. The van der Waals surface area contributed by atoms with E-state index in [9.17, 15) is 0 Å². The normalized spacial score (nSPS) is 14.8. The molecule has 92 valence electrons. The van der Waals surface area contributed by atoms with E-state index >= 15 is 0 Å². The molecule has 5 heteroatoms. The number of nitrogens with two attached hydrogens (primary N) is 1. The van der Waals surface area contributed by atoms with Gasteiger partial charge in [-0.2, -0.15) is 5.10 Å². The summed E-state index contributed by atoms with van der Waals surface area (Å²) in [6.07, 6.45) is 3.63. The van der Waals surface area contributed by atoms with Gasteiger partial charge < -0.3 is 15.2 Å². The topological polar surface area (TPSA) is 62.3 Å². The Hall–Kier alpha value is -1.07. The predicted octanol–water partition coefficient (Wildman–Crippen LogP) is 1.24. The first kappa shape index (κ1) is 13.0. The molecule has 2 unspecified atom stereocenters. The summed E-state index contributed by atoms with van der Waals surface area (Å²) >= 11 is 0. The molecular formula is C11H21N3O2. The van der Waals surface area contributed by atoms with E-state index in [1.807, 2.05) is 7.05 Å². The molecule has 0 aromatic carbocycles.